The number of carbonyl (C=O) groups is 1. The van der Waals surface area contributed by atoms with Crippen LogP contribution in [0.1, 0.15) is 16.4 Å². The van der Waals surface area contributed by atoms with Crippen molar-refractivity contribution in [1.82, 2.24) is 15.0 Å². The molecule has 8 heteroatoms. The monoisotopic (exact) mass is 265 g/mol. The molecule has 2 aromatic rings. The van der Waals surface area contributed by atoms with E-state index in [4.69, 9.17) is 4.42 Å². The fourth-order valence-corrected chi connectivity index (χ4v) is 1.43. The number of rotatable bonds is 4. The smallest absolute Gasteiger partial charge is 0.340 e. The van der Waals surface area contributed by atoms with Gasteiger partial charge in [0.15, 0.2) is 11.6 Å². The maximum absolute atomic E-state index is 11.9. The van der Waals surface area contributed by atoms with Gasteiger partial charge in [0.05, 0.1) is 6.07 Å². The average molecular weight is 265 g/mol. The Kier molecular flexibility index (Phi) is 3.60. The highest BCUT2D eigenvalue weighted by atomic mass is 16.5. The summed E-state index contributed by atoms with van der Waals surface area (Å²) in [5, 5.41) is 12.9. The molecule has 2 heterocycles. The van der Waals surface area contributed by atoms with Crippen molar-refractivity contribution in [3.05, 3.63) is 40.5 Å². The zero-order valence-corrected chi connectivity index (χ0v) is 10.1. The van der Waals surface area contributed by atoms with E-state index in [1.54, 1.807) is 0 Å². The van der Waals surface area contributed by atoms with Crippen LogP contribution in [0.5, 0.6) is 5.75 Å². The molecule has 0 bridgehead atoms. The van der Waals surface area contributed by atoms with Crippen LogP contribution < -0.4 is 5.63 Å². The average Bonchev–Trinajstić information content (AvgIpc) is 2.87. The molecular weight excluding hydrogens is 254 g/mol. The van der Waals surface area contributed by atoms with Crippen LogP contribution in [0.3, 0.4) is 0 Å². The molecule has 1 N–H and O–H groups in total. The van der Waals surface area contributed by atoms with Crippen molar-refractivity contribution in [3.8, 4) is 5.75 Å². The molecule has 0 aromatic carbocycles. The van der Waals surface area contributed by atoms with E-state index in [0.29, 0.717) is 18.8 Å². The van der Waals surface area contributed by atoms with Gasteiger partial charge in [0.2, 0.25) is 6.39 Å². The first-order chi connectivity index (χ1) is 9.06. The van der Waals surface area contributed by atoms with Crippen LogP contribution >= 0.6 is 0 Å². The van der Waals surface area contributed by atoms with E-state index >= 15 is 0 Å². The summed E-state index contributed by atoms with van der Waals surface area (Å²) in [5.41, 5.74) is -0.782. The molecule has 2 aromatic heterocycles. The lowest BCUT2D eigenvalue weighted by atomic mass is 10.3. The first-order valence-electron chi connectivity index (χ1n) is 5.41. The van der Waals surface area contributed by atoms with Crippen LogP contribution in [0.2, 0.25) is 0 Å². The number of hydrogen-bond acceptors (Lipinski definition) is 7. The summed E-state index contributed by atoms with van der Waals surface area (Å²) in [6, 6.07) is 1.98. The highest BCUT2D eigenvalue weighted by molar-refractivity contribution is 5.91. The predicted molar refractivity (Wildman–Crippen MR) is 61.6 cm³/mol. The Balaban J connectivity index is 2.04. The Morgan fingerprint density at radius 2 is 2.26 bits per heavy atom. The molecule has 100 valence electrons. The van der Waals surface area contributed by atoms with Gasteiger partial charge < -0.3 is 18.9 Å². The SMILES string of the molecule is CN(CCc1ncon1)C(=O)c1cc(O)cc(=O)o1. The Bertz CT molecular complexity index is 620. The van der Waals surface area contributed by atoms with E-state index < -0.39 is 11.5 Å². The molecule has 0 aliphatic carbocycles. The van der Waals surface area contributed by atoms with Crippen molar-refractivity contribution in [2.45, 2.75) is 6.42 Å². The zero-order valence-electron chi connectivity index (χ0n) is 10.1. The fraction of sp³-hybridized carbons (Fsp3) is 0.273. The summed E-state index contributed by atoms with van der Waals surface area (Å²) in [5.74, 6) is -0.583. The van der Waals surface area contributed by atoms with E-state index in [2.05, 4.69) is 14.7 Å². The van der Waals surface area contributed by atoms with E-state index in [1.807, 2.05) is 0 Å². The summed E-state index contributed by atoms with van der Waals surface area (Å²) in [6.45, 7) is 0.317. The van der Waals surface area contributed by atoms with E-state index in [9.17, 15) is 14.7 Å². The largest absolute Gasteiger partial charge is 0.508 e. The van der Waals surface area contributed by atoms with Gasteiger partial charge in [0.25, 0.3) is 5.91 Å². The van der Waals surface area contributed by atoms with Gasteiger partial charge in [-0.2, -0.15) is 4.98 Å². The van der Waals surface area contributed by atoms with Crippen LogP contribution in [0.4, 0.5) is 0 Å². The zero-order chi connectivity index (χ0) is 13.8. The molecule has 0 aliphatic heterocycles. The Hall–Kier alpha value is -2.64. The van der Waals surface area contributed by atoms with Gasteiger partial charge in [0.1, 0.15) is 5.75 Å². The normalized spacial score (nSPS) is 10.4. The Labute approximate surface area is 107 Å². The molecule has 0 atom stereocenters. The van der Waals surface area contributed by atoms with Crippen molar-refractivity contribution >= 4 is 5.91 Å². The molecule has 2 rings (SSSR count). The number of likely N-dealkylation sites (N-methyl/N-ethyl adjacent to an activating group) is 1. The molecule has 0 aliphatic rings. The van der Waals surface area contributed by atoms with Gasteiger partial charge in [-0.25, -0.2) is 4.79 Å². The molecular formula is C11H11N3O5. The fourth-order valence-electron chi connectivity index (χ4n) is 1.43. The molecule has 19 heavy (non-hydrogen) atoms. The molecule has 0 saturated heterocycles. The predicted octanol–water partition coefficient (Wildman–Crippen LogP) is 0.0431. The highest BCUT2D eigenvalue weighted by Crippen LogP contribution is 2.09. The molecule has 0 unspecified atom stereocenters. The summed E-state index contributed by atoms with van der Waals surface area (Å²) in [4.78, 5) is 28.1. The number of hydrogen-bond donors (Lipinski definition) is 1. The van der Waals surface area contributed by atoms with Crippen LogP contribution in [0.15, 0.2) is 32.3 Å². The number of carbonyl (C=O) groups excluding carboxylic acids is 1. The summed E-state index contributed by atoms with van der Waals surface area (Å²) >= 11 is 0. The van der Waals surface area contributed by atoms with Gasteiger partial charge in [-0.1, -0.05) is 5.16 Å². The number of nitrogens with zero attached hydrogens (tertiary/aromatic N) is 3. The second-order valence-corrected chi connectivity index (χ2v) is 3.82. The molecule has 0 spiro atoms. The lowest BCUT2D eigenvalue weighted by Crippen LogP contribution is -2.29. The van der Waals surface area contributed by atoms with E-state index in [1.165, 1.54) is 18.3 Å². The quantitative estimate of drug-likeness (QED) is 0.831. The minimum atomic E-state index is -0.782. The first kappa shape index (κ1) is 12.8. The summed E-state index contributed by atoms with van der Waals surface area (Å²) in [6.07, 6.45) is 1.60. The van der Waals surface area contributed by atoms with Gasteiger partial charge in [-0.3, -0.25) is 4.79 Å². The maximum Gasteiger partial charge on any atom is 0.340 e. The molecule has 0 radical (unpaired) electrons. The standard InChI is InChI=1S/C11H11N3O5/c1-14(3-2-9-12-6-18-13-9)11(17)8-4-7(15)5-10(16)19-8/h4-6,15H,2-3H2,1H3. The van der Waals surface area contributed by atoms with Crippen LogP contribution in [-0.4, -0.2) is 39.6 Å². The van der Waals surface area contributed by atoms with Gasteiger partial charge in [-0.15, -0.1) is 0 Å². The number of aromatic nitrogens is 2. The minimum absolute atomic E-state index is 0.222. The van der Waals surface area contributed by atoms with Crippen LogP contribution in [0.25, 0.3) is 0 Å². The Morgan fingerprint density at radius 1 is 1.47 bits per heavy atom. The van der Waals surface area contributed by atoms with Crippen molar-refractivity contribution < 1.29 is 18.8 Å². The van der Waals surface area contributed by atoms with Gasteiger partial charge in [-0.05, 0) is 0 Å². The lowest BCUT2D eigenvalue weighted by Gasteiger charge is -2.14. The third kappa shape index (κ3) is 3.18. The van der Waals surface area contributed by atoms with Crippen molar-refractivity contribution in [2.24, 2.45) is 0 Å². The van der Waals surface area contributed by atoms with Gasteiger partial charge in [0, 0.05) is 26.1 Å². The van der Waals surface area contributed by atoms with E-state index in [-0.39, 0.29) is 11.5 Å². The lowest BCUT2D eigenvalue weighted by molar-refractivity contribution is 0.0758. The van der Waals surface area contributed by atoms with E-state index in [0.717, 1.165) is 12.1 Å². The number of aromatic hydroxyl groups is 1. The topological polar surface area (TPSA) is 110 Å². The number of amides is 1. The second-order valence-electron chi connectivity index (χ2n) is 3.82. The summed E-state index contributed by atoms with van der Waals surface area (Å²) in [7, 11) is 1.53. The van der Waals surface area contributed by atoms with Crippen molar-refractivity contribution in [2.75, 3.05) is 13.6 Å². The van der Waals surface area contributed by atoms with Crippen LogP contribution in [0, 0.1) is 0 Å². The minimum Gasteiger partial charge on any atom is -0.508 e. The van der Waals surface area contributed by atoms with Crippen molar-refractivity contribution in [3.63, 3.8) is 0 Å². The third-order valence-corrected chi connectivity index (χ3v) is 2.39. The third-order valence-electron chi connectivity index (χ3n) is 2.39. The van der Waals surface area contributed by atoms with Crippen molar-refractivity contribution in [1.29, 1.82) is 0 Å². The highest BCUT2D eigenvalue weighted by Gasteiger charge is 2.16. The van der Waals surface area contributed by atoms with Gasteiger partial charge >= 0.3 is 5.63 Å². The molecule has 8 nitrogen and oxygen atoms in total. The van der Waals surface area contributed by atoms with Crippen LogP contribution in [-0.2, 0) is 6.42 Å². The molecule has 0 fully saturated rings. The molecule has 0 saturated carbocycles. The second kappa shape index (κ2) is 5.34. The molecule has 1 amide bonds. The Morgan fingerprint density at radius 3 is 2.89 bits per heavy atom. The maximum atomic E-state index is 11.9. The first-order valence-corrected chi connectivity index (χ1v) is 5.41. The summed E-state index contributed by atoms with van der Waals surface area (Å²) < 4.78 is 9.29.